The number of guanidine groups is 1. The third-order valence-electron chi connectivity index (χ3n) is 4.33. The molecule has 0 radical (unpaired) electrons. The molecule has 0 saturated heterocycles. The molecule has 1 atom stereocenters. The maximum atomic E-state index is 12.2. The Morgan fingerprint density at radius 3 is 2.88 bits per heavy atom. The Morgan fingerprint density at radius 2 is 2.19 bits per heavy atom. The van der Waals surface area contributed by atoms with E-state index in [0.717, 1.165) is 33.7 Å². The van der Waals surface area contributed by atoms with Crippen LogP contribution in [0.4, 0.5) is 0 Å². The van der Waals surface area contributed by atoms with Gasteiger partial charge in [0.1, 0.15) is 0 Å². The Hall–Kier alpha value is -2.65. The van der Waals surface area contributed by atoms with Gasteiger partial charge in [-0.05, 0) is 31.0 Å². The summed E-state index contributed by atoms with van der Waals surface area (Å²) in [5.74, 6) is 6.24. The van der Waals surface area contributed by atoms with Crippen LogP contribution in [0.5, 0.6) is 0 Å². The van der Waals surface area contributed by atoms with E-state index in [0.29, 0.717) is 6.42 Å². The topological polar surface area (TPSA) is 71.6 Å². The van der Waals surface area contributed by atoms with Crippen molar-refractivity contribution in [1.82, 2.24) is 9.88 Å². The number of amides is 1. The summed E-state index contributed by atoms with van der Waals surface area (Å²) < 4.78 is 0. The molecule has 0 fully saturated rings. The van der Waals surface area contributed by atoms with Gasteiger partial charge in [-0.25, -0.2) is 4.99 Å². The molecule has 26 heavy (non-hydrogen) atoms. The zero-order chi connectivity index (χ0) is 18.7. The summed E-state index contributed by atoms with van der Waals surface area (Å²) in [4.78, 5) is 24.7. The lowest BCUT2D eigenvalue weighted by atomic mass is 10.0. The highest BCUT2D eigenvalue weighted by atomic mass is 32.1. The first kappa shape index (κ1) is 18.2. The van der Waals surface area contributed by atoms with Gasteiger partial charge in [0, 0.05) is 40.3 Å². The second-order valence-corrected chi connectivity index (χ2v) is 7.33. The molecule has 2 aromatic rings. The number of carbonyl (C=O) groups is 1. The third-order valence-corrected chi connectivity index (χ3v) is 5.66. The van der Waals surface area contributed by atoms with Crippen LogP contribution in [0.3, 0.4) is 0 Å². The van der Waals surface area contributed by atoms with Gasteiger partial charge in [-0.2, -0.15) is 0 Å². The molecule has 1 amide bonds. The molecule has 1 aliphatic heterocycles. The van der Waals surface area contributed by atoms with Crippen LogP contribution in [-0.2, 0) is 11.2 Å². The van der Waals surface area contributed by atoms with Crippen molar-refractivity contribution in [2.45, 2.75) is 39.2 Å². The van der Waals surface area contributed by atoms with Crippen LogP contribution >= 0.6 is 11.3 Å². The smallest absolute Gasteiger partial charge is 0.231 e. The summed E-state index contributed by atoms with van der Waals surface area (Å²) in [6, 6.07) is 4.04. The number of nitrogens with two attached hydrogens (primary N) is 1. The Kier molecular flexibility index (Phi) is 5.38. The van der Waals surface area contributed by atoms with Crippen molar-refractivity contribution in [3.8, 4) is 22.3 Å². The number of aromatic nitrogens is 1. The number of rotatable bonds is 4. The van der Waals surface area contributed by atoms with Gasteiger partial charge in [0.2, 0.25) is 5.91 Å². The van der Waals surface area contributed by atoms with E-state index in [2.05, 4.69) is 34.8 Å². The number of aliphatic imine (C=N–C) groups is 1. The predicted octanol–water partition coefficient (Wildman–Crippen LogP) is 3.35. The molecule has 0 bridgehead atoms. The maximum Gasteiger partial charge on any atom is 0.231 e. The summed E-state index contributed by atoms with van der Waals surface area (Å²) in [7, 11) is 1.66. The lowest BCUT2D eigenvalue weighted by Crippen LogP contribution is -2.42. The van der Waals surface area contributed by atoms with E-state index in [1.54, 1.807) is 24.6 Å². The first-order chi connectivity index (χ1) is 12.5. The van der Waals surface area contributed by atoms with E-state index in [-0.39, 0.29) is 17.9 Å². The van der Waals surface area contributed by atoms with E-state index in [4.69, 9.17) is 5.73 Å². The molecule has 2 N–H and O–H groups in total. The van der Waals surface area contributed by atoms with Crippen molar-refractivity contribution >= 4 is 23.2 Å². The summed E-state index contributed by atoms with van der Waals surface area (Å²) in [6.45, 7) is 3.96. The van der Waals surface area contributed by atoms with Crippen LogP contribution in [0.25, 0.3) is 10.4 Å². The van der Waals surface area contributed by atoms with Gasteiger partial charge in [-0.15, -0.1) is 17.3 Å². The lowest BCUT2D eigenvalue weighted by Gasteiger charge is -2.25. The van der Waals surface area contributed by atoms with E-state index < -0.39 is 0 Å². The zero-order valence-corrected chi connectivity index (χ0v) is 16.1. The average Bonchev–Trinajstić information content (AvgIpc) is 3.04. The van der Waals surface area contributed by atoms with Crippen molar-refractivity contribution in [2.24, 2.45) is 10.7 Å². The largest absolute Gasteiger partial charge is 0.369 e. The molecule has 0 spiro atoms. The molecule has 1 unspecified atom stereocenters. The Bertz CT molecular complexity index is 919. The first-order valence-electron chi connectivity index (χ1n) is 8.64. The van der Waals surface area contributed by atoms with Gasteiger partial charge in [-0.1, -0.05) is 19.3 Å². The van der Waals surface area contributed by atoms with Gasteiger partial charge in [0.15, 0.2) is 5.96 Å². The van der Waals surface area contributed by atoms with Crippen LogP contribution < -0.4 is 5.73 Å². The Morgan fingerprint density at radius 1 is 1.38 bits per heavy atom. The van der Waals surface area contributed by atoms with Crippen LogP contribution in [0.2, 0.25) is 0 Å². The molecular weight excluding hydrogens is 344 g/mol. The van der Waals surface area contributed by atoms with Crippen molar-refractivity contribution in [1.29, 1.82) is 0 Å². The minimum atomic E-state index is -0.203. The van der Waals surface area contributed by atoms with Gasteiger partial charge >= 0.3 is 0 Å². The van der Waals surface area contributed by atoms with E-state index >= 15 is 0 Å². The second-order valence-electron chi connectivity index (χ2n) is 6.25. The van der Waals surface area contributed by atoms with Crippen LogP contribution in [0, 0.1) is 11.8 Å². The van der Waals surface area contributed by atoms with Gasteiger partial charge < -0.3 is 5.73 Å². The fraction of sp³-hybridized carbons (Fsp3) is 0.350. The van der Waals surface area contributed by atoms with Crippen molar-refractivity contribution < 1.29 is 4.79 Å². The number of aryl methyl sites for hydroxylation is 1. The molecule has 3 heterocycles. The minimum absolute atomic E-state index is 0.00165. The first-order valence-corrected chi connectivity index (χ1v) is 9.45. The fourth-order valence-corrected chi connectivity index (χ4v) is 4.22. The minimum Gasteiger partial charge on any atom is -0.369 e. The summed E-state index contributed by atoms with van der Waals surface area (Å²) in [5.41, 5.74) is 9.09. The molecule has 1 aliphatic rings. The normalized spacial score (nSPS) is 16.9. The summed E-state index contributed by atoms with van der Waals surface area (Å²) in [6.07, 6.45) is 5.95. The number of thiophene rings is 1. The van der Waals surface area contributed by atoms with Crippen molar-refractivity contribution in [3.05, 3.63) is 40.5 Å². The van der Waals surface area contributed by atoms with Crippen LogP contribution in [0.15, 0.2) is 29.5 Å². The predicted molar refractivity (Wildman–Crippen MR) is 106 cm³/mol. The quantitative estimate of drug-likeness (QED) is 0.844. The second kappa shape index (κ2) is 7.71. The van der Waals surface area contributed by atoms with Gasteiger partial charge in [0.05, 0.1) is 12.5 Å². The average molecular weight is 366 g/mol. The lowest BCUT2D eigenvalue weighted by molar-refractivity contribution is -0.127. The van der Waals surface area contributed by atoms with E-state index in [9.17, 15) is 4.79 Å². The highest BCUT2D eigenvalue weighted by Crippen LogP contribution is 2.39. The SMILES string of the molecule is CC#Cc1cncc(-c2cc(CCC)c(C3CC(=O)N(C)C(N)=N3)s2)c1. The zero-order valence-electron chi connectivity index (χ0n) is 15.2. The molecule has 6 heteroatoms. The van der Waals surface area contributed by atoms with Gasteiger partial charge in [0.25, 0.3) is 0 Å². The maximum absolute atomic E-state index is 12.2. The van der Waals surface area contributed by atoms with E-state index in [1.807, 2.05) is 19.2 Å². The number of hydrogen-bond acceptors (Lipinski definition) is 5. The summed E-state index contributed by atoms with van der Waals surface area (Å²) >= 11 is 1.67. The molecular formula is C20H22N4OS. The Labute approximate surface area is 158 Å². The number of hydrogen-bond donors (Lipinski definition) is 1. The molecule has 134 valence electrons. The molecule has 3 rings (SSSR count). The number of carbonyl (C=O) groups excluding carboxylic acids is 1. The van der Waals surface area contributed by atoms with Crippen LogP contribution in [-0.4, -0.2) is 28.8 Å². The molecule has 5 nitrogen and oxygen atoms in total. The van der Waals surface area contributed by atoms with E-state index in [1.165, 1.54) is 10.5 Å². The number of nitrogens with zero attached hydrogens (tertiary/aromatic N) is 3. The fourth-order valence-electron chi connectivity index (χ4n) is 2.99. The highest BCUT2D eigenvalue weighted by Gasteiger charge is 2.28. The van der Waals surface area contributed by atoms with Crippen molar-refractivity contribution in [3.63, 3.8) is 0 Å². The molecule has 2 aromatic heterocycles. The molecule has 0 saturated carbocycles. The monoisotopic (exact) mass is 366 g/mol. The van der Waals surface area contributed by atoms with Gasteiger partial charge in [-0.3, -0.25) is 14.7 Å². The molecule has 0 aliphatic carbocycles. The Balaban J connectivity index is 2.03. The molecule has 0 aromatic carbocycles. The standard InChI is InChI=1S/C20H22N4OS/c1-4-6-13-8-15(12-22-11-13)17-9-14(7-5-2)19(26-17)16-10-18(25)24(3)20(21)23-16/h8-9,11-12,16H,5,7,10H2,1-3H3,(H2,21,23). The van der Waals surface area contributed by atoms with Crippen molar-refractivity contribution in [2.75, 3.05) is 7.05 Å². The van der Waals surface area contributed by atoms with Crippen LogP contribution in [0.1, 0.15) is 48.7 Å². The number of pyridine rings is 1. The third kappa shape index (κ3) is 3.63. The highest BCUT2D eigenvalue weighted by molar-refractivity contribution is 7.15. The summed E-state index contributed by atoms with van der Waals surface area (Å²) in [5, 5.41) is 0.